The summed E-state index contributed by atoms with van der Waals surface area (Å²) in [6.45, 7) is 0. The van der Waals surface area contributed by atoms with E-state index in [1.54, 1.807) is 30.7 Å². The van der Waals surface area contributed by atoms with Gasteiger partial charge in [0, 0.05) is 18.4 Å². The minimum absolute atomic E-state index is 0.155. The van der Waals surface area contributed by atoms with Crippen LogP contribution in [0.3, 0.4) is 0 Å². The smallest absolute Gasteiger partial charge is 0.144 e. The van der Waals surface area contributed by atoms with Crippen LogP contribution in [-0.4, -0.2) is 16.0 Å². The molecular weight excluding hydrogens is 229 g/mol. The third kappa shape index (κ3) is 2.32. The summed E-state index contributed by atoms with van der Waals surface area (Å²) in [7, 11) is 0. The van der Waals surface area contributed by atoms with Crippen molar-refractivity contribution in [1.29, 1.82) is 0 Å². The summed E-state index contributed by atoms with van der Waals surface area (Å²) in [6, 6.07) is 7.29. The summed E-state index contributed by atoms with van der Waals surface area (Å²) in [6.07, 6.45) is 7.07. The molecule has 0 radical (unpaired) electrons. The van der Waals surface area contributed by atoms with Gasteiger partial charge in [-0.05, 0) is 36.5 Å². The van der Waals surface area contributed by atoms with E-state index < -0.39 is 0 Å². The molecule has 0 saturated heterocycles. The number of halogens is 1. The van der Waals surface area contributed by atoms with Gasteiger partial charge in [-0.25, -0.2) is 9.37 Å². The molecule has 1 fully saturated rings. The summed E-state index contributed by atoms with van der Waals surface area (Å²) in [4.78, 5) is 8.19. The van der Waals surface area contributed by atoms with Crippen molar-refractivity contribution in [2.75, 3.05) is 5.32 Å². The van der Waals surface area contributed by atoms with Crippen LogP contribution in [0.5, 0.6) is 0 Å². The van der Waals surface area contributed by atoms with Crippen LogP contribution in [0.4, 0.5) is 10.2 Å². The number of hydrogen-bond acceptors (Lipinski definition) is 3. The van der Waals surface area contributed by atoms with Crippen molar-refractivity contribution in [2.45, 2.75) is 24.8 Å². The third-order valence-corrected chi connectivity index (χ3v) is 3.37. The fraction of sp³-hybridized carbons (Fsp3) is 0.286. The number of nitrogens with zero attached hydrogens (tertiary/aromatic N) is 2. The van der Waals surface area contributed by atoms with E-state index in [1.807, 2.05) is 6.07 Å². The number of aromatic nitrogens is 2. The molecule has 1 aliphatic carbocycles. The Kier molecular flexibility index (Phi) is 2.92. The summed E-state index contributed by atoms with van der Waals surface area (Å²) in [5.74, 6) is 1.10. The predicted octanol–water partition coefficient (Wildman–Crippen LogP) is 2.97. The quantitative estimate of drug-likeness (QED) is 0.900. The summed E-state index contributed by atoms with van der Waals surface area (Å²) < 4.78 is 13.1. The first-order valence-corrected chi connectivity index (χ1v) is 6.09. The Balaban J connectivity index is 1.57. The van der Waals surface area contributed by atoms with Crippen molar-refractivity contribution in [1.82, 2.24) is 9.97 Å². The van der Waals surface area contributed by atoms with Gasteiger partial charge in [0.05, 0.1) is 6.20 Å². The van der Waals surface area contributed by atoms with Crippen LogP contribution in [0.25, 0.3) is 0 Å². The normalized spacial score (nSPS) is 22.3. The second kappa shape index (κ2) is 4.72. The Bertz CT molecular complexity index is 524. The third-order valence-electron chi connectivity index (χ3n) is 3.37. The van der Waals surface area contributed by atoms with E-state index >= 15 is 0 Å². The molecule has 3 nitrogen and oxygen atoms in total. The van der Waals surface area contributed by atoms with Gasteiger partial charge < -0.3 is 5.32 Å². The minimum atomic E-state index is -0.155. The monoisotopic (exact) mass is 243 g/mol. The van der Waals surface area contributed by atoms with Crippen molar-refractivity contribution in [2.24, 2.45) is 0 Å². The molecule has 2 aromatic rings. The van der Waals surface area contributed by atoms with Crippen LogP contribution < -0.4 is 5.32 Å². The standard InChI is InChI=1S/C14H14FN3/c15-12-3-1-2-10(6-12)11-7-13(8-11)18-14-9-16-4-5-17-14/h1-6,9,11,13H,7-8H2,(H,17,18). The minimum Gasteiger partial charge on any atom is -0.366 e. The number of benzene rings is 1. The van der Waals surface area contributed by atoms with E-state index in [-0.39, 0.29) is 5.82 Å². The molecule has 0 amide bonds. The average Bonchev–Trinajstić information content (AvgIpc) is 2.34. The van der Waals surface area contributed by atoms with E-state index in [4.69, 9.17) is 0 Å². The zero-order valence-corrected chi connectivity index (χ0v) is 9.88. The molecule has 1 aliphatic rings. The SMILES string of the molecule is Fc1cccc(C2CC(Nc3cnccn3)C2)c1. The lowest BCUT2D eigenvalue weighted by Crippen LogP contribution is -2.34. The summed E-state index contributed by atoms with van der Waals surface area (Å²) >= 11 is 0. The molecule has 0 bridgehead atoms. The van der Waals surface area contributed by atoms with Gasteiger partial charge in [-0.2, -0.15) is 0 Å². The van der Waals surface area contributed by atoms with Crippen molar-refractivity contribution >= 4 is 5.82 Å². The zero-order chi connectivity index (χ0) is 12.4. The number of anilines is 1. The lowest BCUT2D eigenvalue weighted by Gasteiger charge is -2.36. The van der Waals surface area contributed by atoms with E-state index in [9.17, 15) is 4.39 Å². The van der Waals surface area contributed by atoms with E-state index in [0.29, 0.717) is 12.0 Å². The largest absolute Gasteiger partial charge is 0.366 e. The molecule has 1 aromatic carbocycles. The van der Waals surface area contributed by atoms with Crippen LogP contribution in [0.2, 0.25) is 0 Å². The Morgan fingerprint density at radius 3 is 2.83 bits per heavy atom. The lowest BCUT2D eigenvalue weighted by atomic mass is 9.76. The van der Waals surface area contributed by atoms with E-state index in [2.05, 4.69) is 15.3 Å². The van der Waals surface area contributed by atoms with Gasteiger partial charge in [-0.15, -0.1) is 0 Å². The number of rotatable bonds is 3. The fourth-order valence-electron chi connectivity index (χ4n) is 2.35. The molecule has 0 unspecified atom stereocenters. The van der Waals surface area contributed by atoms with E-state index in [1.165, 1.54) is 6.07 Å². The highest BCUT2D eigenvalue weighted by molar-refractivity contribution is 5.34. The molecule has 1 N–H and O–H groups in total. The van der Waals surface area contributed by atoms with Crippen LogP contribution >= 0.6 is 0 Å². The first-order chi connectivity index (χ1) is 8.81. The van der Waals surface area contributed by atoms with Crippen LogP contribution in [0, 0.1) is 5.82 Å². The maximum Gasteiger partial charge on any atom is 0.144 e. The second-order valence-corrected chi connectivity index (χ2v) is 4.66. The van der Waals surface area contributed by atoms with Gasteiger partial charge in [0.1, 0.15) is 11.6 Å². The van der Waals surface area contributed by atoms with Crippen molar-refractivity contribution in [3.63, 3.8) is 0 Å². The Morgan fingerprint density at radius 2 is 2.11 bits per heavy atom. The van der Waals surface area contributed by atoms with Crippen molar-refractivity contribution < 1.29 is 4.39 Å². The second-order valence-electron chi connectivity index (χ2n) is 4.66. The lowest BCUT2D eigenvalue weighted by molar-refractivity contribution is 0.372. The topological polar surface area (TPSA) is 37.8 Å². The number of nitrogens with one attached hydrogen (secondary N) is 1. The molecule has 1 aromatic heterocycles. The Hall–Kier alpha value is -1.97. The fourth-order valence-corrected chi connectivity index (χ4v) is 2.35. The maximum absolute atomic E-state index is 13.1. The Morgan fingerprint density at radius 1 is 1.22 bits per heavy atom. The van der Waals surface area contributed by atoms with Gasteiger partial charge in [0.15, 0.2) is 0 Å². The van der Waals surface area contributed by atoms with Crippen LogP contribution in [0.1, 0.15) is 24.3 Å². The van der Waals surface area contributed by atoms with Crippen LogP contribution in [-0.2, 0) is 0 Å². The molecule has 3 rings (SSSR count). The van der Waals surface area contributed by atoms with E-state index in [0.717, 1.165) is 24.2 Å². The first-order valence-electron chi connectivity index (χ1n) is 6.09. The predicted molar refractivity (Wildman–Crippen MR) is 67.8 cm³/mol. The maximum atomic E-state index is 13.1. The molecular formula is C14H14FN3. The molecule has 4 heteroatoms. The van der Waals surface area contributed by atoms with Gasteiger partial charge in [0.2, 0.25) is 0 Å². The molecule has 0 atom stereocenters. The molecule has 0 aliphatic heterocycles. The van der Waals surface area contributed by atoms with Gasteiger partial charge in [-0.1, -0.05) is 12.1 Å². The molecule has 18 heavy (non-hydrogen) atoms. The highest BCUT2D eigenvalue weighted by Gasteiger charge is 2.30. The zero-order valence-electron chi connectivity index (χ0n) is 9.88. The van der Waals surface area contributed by atoms with Gasteiger partial charge >= 0.3 is 0 Å². The molecule has 1 heterocycles. The van der Waals surface area contributed by atoms with Gasteiger partial charge in [-0.3, -0.25) is 4.98 Å². The average molecular weight is 243 g/mol. The summed E-state index contributed by atoms with van der Waals surface area (Å²) in [5, 5.41) is 3.33. The number of hydrogen-bond donors (Lipinski definition) is 1. The Labute approximate surface area is 105 Å². The van der Waals surface area contributed by atoms with Crippen molar-refractivity contribution in [3.05, 3.63) is 54.2 Å². The molecule has 92 valence electrons. The van der Waals surface area contributed by atoms with Crippen LogP contribution in [0.15, 0.2) is 42.9 Å². The molecule has 0 spiro atoms. The highest BCUT2D eigenvalue weighted by atomic mass is 19.1. The van der Waals surface area contributed by atoms with Crippen molar-refractivity contribution in [3.8, 4) is 0 Å². The highest BCUT2D eigenvalue weighted by Crippen LogP contribution is 2.38. The molecule has 1 saturated carbocycles. The first kappa shape index (κ1) is 11.1. The summed E-state index contributed by atoms with van der Waals surface area (Å²) in [5.41, 5.74) is 1.09. The van der Waals surface area contributed by atoms with Gasteiger partial charge in [0.25, 0.3) is 0 Å².